The van der Waals surface area contributed by atoms with Crippen molar-refractivity contribution in [3.05, 3.63) is 15.8 Å². The van der Waals surface area contributed by atoms with E-state index in [4.69, 9.17) is 0 Å². The number of hydrogen-bond donors (Lipinski definition) is 0. The Bertz CT molecular complexity index is 947. The van der Waals surface area contributed by atoms with Gasteiger partial charge in [0.2, 0.25) is 11.6 Å². The summed E-state index contributed by atoms with van der Waals surface area (Å²) >= 11 is 1.44. The molecule has 3 aliphatic rings. The average Bonchev–Trinajstić information content (AvgIpc) is 3.22. The second kappa shape index (κ2) is 5.73. The molecule has 0 unspecified atom stereocenters. The molecule has 6 nitrogen and oxygen atoms in total. The molecule has 1 aromatic rings. The van der Waals surface area contributed by atoms with Gasteiger partial charge in [0.15, 0.2) is 15.5 Å². The zero-order valence-corrected chi connectivity index (χ0v) is 16.6. The van der Waals surface area contributed by atoms with Gasteiger partial charge in [-0.3, -0.25) is 9.59 Å². The highest BCUT2D eigenvalue weighted by molar-refractivity contribution is 7.93. The number of likely N-dealkylation sites (tertiary alicyclic amines) is 1. The van der Waals surface area contributed by atoms with Crippen LogP contribution in [0.15, 0.2) is 6.07 Å². The second-order valence-electron chi connectivity index (χ2n) is 7.65. The highest BCUT2D eigenvalue weighted by atomic mass is 32.2. The first kappa shape index (κ1) is 18.8. The van der Waals surface area contributed by atoms with Crippen LogP contribution in [0.25, 0.3) is 0 Å². The number of carbonyl (C=O) groups excluding carboxylic acids is 2. The minimum Gasteiger partial charge on any atom is -0.334 e. The van der Waals surface area contributed by atoms with Crippen LogP contribution in [0.4, 0.5) is 14.5 Å². The molecule has 4 rings (SSSR count). The molecule has 3 fully saturated rings. The molecule has 0 aliphatic carbocycles. The van der Waals surface area contributed by atoms with Crippen LogP contribution in [0.5, 0.6) is 0 Å². The number of alkyl halides is 2. The number of carbonyl (C=O) groups is 2. The molecule has 0 radical (unpaired) electrons. The van der Waals surface area contributed by atoms with Gasteiger partial charge in [-0.15, -0.1) is 11.3 Å². The molecule has 0 bridgehead atoms. The fourth-order valence-electron chi connectivity index (χ4n) is 4.37. The van der Waals surface area contributed by atoms with E-state index in [0.717, 1.165) is 19.6 Å². The SMILES string of the molecule is Cc1cc(N2C[C@@]3(F)CN(C(=O)[C@@H]4CCCS4(=O)=O)C[C@@]3(F)C2=O)c(C)s1. The third kappa shape index (κ3) is 2.55. The van der Waals surface area contributed by atoms with Gasteiger partial charge in [-0.2, -0.15) is 0 Å². The van der Waals surface area contributed by atoms with Crippen LogP contribution < -0.4 is 4.90 Å². The van der Waals surface area contributed by atoms with E-state index >= 15 is 8.78 Å². The minimum absolute atomic E-state index is 0.0950. The van der Waals surface area contributed by atoms with E-state index in [0.29, 0.717) is 12.1 Å². The first-order valence-electron chi connectivity index (χ1n) is 8.76. The molecule has 3 atom stereocenters. The Labute approximate surface area is 160 Å². The molecular weight excluding hydrogens is 398 g/mol. The molecule has 0 aromatic carbocycles. The number of nitrogens with zero attached hydrogens (tertiary/aromatic N) is 2. The molecule has 0 spiro atoms. The molecule has 4 heterocycles. The monoisotopic (exact) mass is 418 g/mol. The molecule has 27 heavy (non-hydrogen) atoms. The highest BCUT2D eigenvalue weighted by Gasteiger charge is 2.72. The maximum absolute atomic E-state index is 15.5. The number of anilines is 1. The van der Waals surface area contributed by atoms with E-state index in [1.54, 1.807) is 13.0 Å². The fraction of sp³-hybridized carbons (Fsp3) is 0.647. The van der Waals surface area contributed by atoms with Gasteiger partial charge in [-0.25, -0.2) is 17.2 Å². The van der Waals surface area contributed by atoms with Crippen molar-refractivity contribution >= 4 is 38.7 Å². The smallest absolute Gasteiger partial charge is 0.270 e. The zero-order valence-electron chi connectivity index (χ0n) is 15.0. The van der Waals surface area contributed by atoms with Gasteiger partial charge in [0.25, 0.3) is 5.91 Å². The quantitative estimate of drug-likeness (QED) is 0.730. The Kier molecular flexibility index (Phi) is 3.99. The third-order valence-corrected chi connectivity index (χ3v) is 8.89. The Morgan fingerprint density at radius 1 is 1.26 bits per heavy atom. The van der Waals surface area contributed by atoms with Crippen molar-refractivity contribution in [1.82, 2.24) is 4.90 Å². The van der Waals surface area contributed by atoms with Crippen molar-refractivity contribution < 1.29 is 26.8 Å². The Morgan fingerprint density at radius 2 is 1.96 bits per heavy atom. The van der Waals surface area contributed by atoms with Gasteiger partial charge in [0, 0.05) is 9.75 Å². The minimum atomic E-state index is -3.59. The Hall–Kier alpha value is -1.55. The Balaban J connectivity index is 1.61. The molecule has 148 valence electrons. The van der Waals surface area contributed by atoms with Crippen molar-refractivity contribution in [3.63, 3.8) is 0 Å². The van der Waals surface area contributed by atoms with Crippen LogP contribution >= 0.6 is 11.3 Å². The van der Waals surface area contributed by atoms with Crippen LogP contribution in [0.2, 0.25) is 0 Å². The number of halogens is 2. The molecule has 3 saturated heterocycles. The van der Waals surface area contributed by atoms with E-state index in [9.17, 15) is 18.0 Å². The number of thiophene rings is 1. The molecular formula is C17H20F2N2O4S2. The first-order valence-corrected chi connectivity index (χ1v) is 11.3. The largest absolute Gasteiger partial charge is 0.334 e. The number of aryl methyl sites for hydroxylation is 2. The van der Waals surface area contributed by atoms with Gasteiger partial charge < -0.3 is 9.80 Å². The lowest BCUT2D eigenvalue weighted by Gasteiger charge is -2.24. The summed E-state index contributed by atoms with van der Waals surface area (Å²) in [7, 11) is -3.59. The average molecular weight is 418 g/mol. The van der Waals surface area contributed by atoms with Gasteiger partial charge in [-0.1, -0.05) is 0 Å². The molecule has 10 heteroatoms. The number of amides is 2. The molecule has 0 saturated carbocycles. The number of sulfone groups is 1. The van der Waals surface area contributed by atoms with Crippen molar-refractivity contribution in [3.8, 4) is 0 Å². The van der Waals surface area contributed by atoms with Gasteiger partial charge >= 0.3 is 0 Å². The standard InChI is InChI=1S/C17H20F2N2O4S2/c1-10-6-12(11(2)26-10)21-8-16(18)7-20(9-17(16,19)15(21)23)14(22)13-4-3-5-27(13,24)25/h6,13H,3-5,7-9H2,1-2H3/t13-,16-,17+/m0/s1. The fourth-order valence-corrected chi connectivity index (χ4v) is 7.13. The van der Waals surface area contributed by atoms with E-state index in [1.165, 1.54) is 11.3 Å². The van der Waals surface area contributed by atoms with Crippen molar-refractivity contribution in [2.45, 2.75) is 43.3 Å². The lowest BCUT2D eigenvalue weighted by molar-refractivity contribution is -0.132. The van der Waals surface area contributed by atoms with Crippen molar-refractivity contribution in [2.75, 3.05) is 30.3 Å². The highest BCUT2D eigenvalue weighted by Crippen LogP contribution is 2.48. The van der Waals surface area contributed by atoms with Gasteiger partial charge in [-0.05, 0) is 32.8 Å². The van der Waals surface area contributed by atoms with Crippen molar-refractivity contribution in [2.24, 2.45) is 0 Å². The second-order valence-corrected chi connectivity index (χ2v) is 11.4. The first-order chi connectivity index (χ1) is 12.5. The van der Waals surface area contributed by atoms with E-state index < -0.39 is 57.9 Å². The molecule has 1 aromatic heterocycles. The summed E-state index contributed by atoms with van der Waals surface area (Å²) in [4.78, 5) is 29.1. The summed E-state index contributed by atoms with van der Waals surface area (Å²) in [5, 5.41) is -1.25. The maximum atomic E-state index is 15.5. The predicted molar refractivity (Wildman–Crippen MR) is 97.2 cm³/mol. The Morgan fingerprint density at radius 3 is 2.48 bits per heavy atom. The van der Waals surface area contributed by atoms with Crippen LogP contribution in [-0.2, 0) is 19.4 Å². The summed E-state index contributed by atoms with van der Waals surface area (Å²) in [6.07, 6.45) is 0.515. The molecule has 2 amide bonds. The topological polar surface area (TPSA) is 74.8 Å². The summed E-state index contributed by atoms with van der Waals surface area (Å²) < 4.78 is 55.0. The third-order valence-electron chi connectivity index (χ3n) is 5.77. The number of hydrogen-bond acceptors (Lipinski definition) is 5. The zero-order chi connectivity index (χ0) is 19.8. The van der Waals surface area contributed by atoms with Gasteiger partial charge in [0.05, 0.1) is 31.1 Å². The maximum Gasteiger partial charge on any atom is 0.270 e. The van der Waals surface area contributed by atoms with E-state index in [2.05, 4.69) is 0 Å². The lowest BCUT2D eigenvalue weighted by atomic mass is 9.93. The van der Waals surface area contributed by atoms with Gasteiger partial charge in [0.1, 0.15) is 5.25 Å². The normalized spacial score (nSPS) is 35.1. The summed E-state index contributed by atoms with van der Waals surface area (Å²) in [6.45, 7) is 1.79. The summed E-state index contributed by atoms with van der Waals surface area (Å²) in [5.41, 5.74) is -4.92. The summed E-state index contributed by atoms with van der Waals surface area (Å²) in [6, 6.07) is 1.72. The predicted octanol–water partition coefficient (Wildman–Crippen LogP) is 1.55. The number of rotatable bonds is 2. The molecule has 3 aliphatic heterocycles. The summed E-state index contributed by atoms with van der Waals surface area (Å²) in [5.74, 6) is -1.89. The molecule has 0 N–H and O–H groups in total. The lowest BCUT2D eigenvalue weighted by Crippen LogP contribution is -2.48. The number of fused-ring (bicyclic) bond motifs is 1. The van der Waals surface area contributed by atoms with Crippen molar-refractivity contribution in [1.29, 1.82) is 0 Å². The van der Waals surface area contributed by atoms with E-state index in [-0.39, 0.29) is 12.2 Å². The van der Waals surface area contributed by atoms with Crippen LogP contribution in [0, 0.1) is 13.8 Å². The van der Waals surface area contributed by atoms with Crippen LogP contribution in [0.3, 0.4) is 0 Å². The van der Waals surface area contributed by atoms with Crippen LogP contribution in [0.1, 0.15) is 22.6 Å². The van der Waals surface area contributed by atoms with Crippen LogP contribution in [-0.4, -0.2) is 67.1 Å². The van der Waals surface area contributed by atoms with E-state index in [1.807, 2.05) is 6.92 Å².